The minimum atomic E-state index is -0.277. The molecule has 2 atom stereocenters. The highest BCUT2D eigenvalue weighted by Gasteiger charge is 2.40. The lowest BCUT2D eigenvalue weighted by molar-refractivity contribution is 0.223. The second kappa shape index (κ2) is 7.00. The molecule has 6 rings (SSSR count). The van der Waals surface area contributed by atoms with Crippen molar-refractivity contribution in [3.63, 3.8) is 0 Å². The van der Waals surface area contributed by atoms with Gasteiger partial charge in [0.15, 0.2) is 0 Å². The van der Waals surface area contributed by atoms with Gasteiger partial charge in [0.1, 0.15) is 24.2 Å². The van der Waals surface area contributed by atoms with Crippen molar-refractivity contribution in [2.24, 2.45) is 0 Å². The first-order valence-electron chi connectivity index (χ1n) is 10.2. The van der Waals surface area contributed by atoms with Gasteiger partial charge in [-0.15, -0.1) is 0 Å². The first kappa shape index (κ1) is 18.2. The summed E-state index contributed by atoms with van der Waals surface area (Å²) in [5.74, 6) is 1.49. The third kappa shape index (κ3) is 2.93. The molecule has 31 heavy (non-hydrogen) atoms. The third-order valence-electron chi connectivity index (χ3n) is 5.87. The predicted octanol–water partition coefficient (Wildman–Crippen LogP) is 5.80. The van der Waals surface area contributed by atoms with Crippen molar-refractivity contribution < 1.29 is 4.74 Å². The highest BCUT2D eigenvalue weighted by Crippen LogP contribution is 2.50. The quantitative estimate of drug-likeness (QED) is 0.440. The molecule has 3 aromatic carbocycles. The Morgan fingerprint density at radius 2 is 1.77 bits per heavy atom. The van der Waals surface area contributed by atoms with Crippen LogP contribution in [0.15, 0.2) is 84.7 Å². The molecule has 1 N–H and O–H groups in total. The zero-order valence-electron chi connectivity index (χ0n) is 16.8. The van der Waals surface area contributed by atoms with Crippen molar-refractivity contribution >= 4 is 23.2 Å². The van der Waals surface area contributed by atoms with Crippen LogP contribution < -0.4 is 10.1 Å². The molecule has 5 nitrogen and oxygen atoms in total. The van der Waals surface area contributed by atoms with E-state index in [0.29, 0.717) is 11.0 Å². The maximum Gasteiger partial charge on any atom is 0.226 e. The molecule has 3 heterocycles. The number of ether oxygens (including phenoxy) is 1. The van der Waals surface area contributed by atoms with E-state index in [2.05, 4.69) is 58.7 Å². The summed E-state index contributed by atoms with van der Waals surface area (Å²) in [4.78, 5) is 4.47. The summed E-state index contributed by atoms with van der Waals surface area (Å²) < 4.78 is 8.52. The third-order valence-corrected chi connectivity index (χ3v) is 6.11. The Kier molecular flexibility index (Phi) is 4.11. The normalized spacial score (nSPS) is 19.0. The minimum absolute atomic E-state index is 0.160. The first-order valence-corrected chi connectivity index (χ1v) is 10.6. The van der Waals surface area contributed by atoms with Crippen LogP contribution in [0.3, 0.4) is 0 Å². The molecule has 2 aliphatic heterocycles. The second-order valence-electron chi connectivity index (χ2n) is 7.85. The van der Waals surface area contributed by atoms with Gasteiger partial charge in [0.05, 0.1) is 5.70 Å². The number of aryl methyl sites for hydroxylation is 1. The van der Waals surface area contributed by atoms with Crippen LogP contribution in [0.4, 0.5) is 5.95 Å². The molecule has 0 amide bonds. The molecule has 0 fully saturated rings. The van der Waals surface area contributed by atoms with Gasteiger partial charge in [-0.2, -0.15) is 10.1 Å². The van der Waals surface area contributed by atoms with Gasteiger partial charge in [0, 0.05) is 16.2 Å². The van der Waals surface area contributed by atoms with Crippen LogP contribution in [0.2, 0.25) is 5.02 Å². The molecule has 0 spiro atoms. The van der Waals surface area contributed by atoms with E-state index in [0.717, 1.165) is 33.7 Å². The van der Waals surface area contributed by atoms with Gasteiger partial charge in [-0.05, 0) is 36.2 Å². The molecule has 1 aromatic heterocycles. The van der Waals surface area contributed by atoms with Gasteiger partial charge >= 0.3 is 0 Å². The van der Waals surface area contributed by atoms with Gasteiger partial charge in [-0.1, -0.05) is 71.8 Å². The van der Waals surface area contributed by atoms with Crippen molar-refractivity contribution in [1.29, 1.82) is 0 Å². The van der Waals surface area contributed by atoms with E-state index in [9.17, 15) is 0 Å². The van der Waals surface area contributed by atoms with E-state index >= 15 is 0 Å². The van der Waals surface area contributed by atoms with Crippen LogP contribution in [0, 0.1) is 6.92 Å². The Bertz CT molecular complexity index is 1310. The summed E-state index contributed by atoms with van der Waals surface area (Å²) in [6.07, 6.45) is 1.31. The number of fused-ring (bicyclic) bond motifs is 3. The first-order chi connectivity index (χ1) is 15.2. The monoisotopic (exact) mass is 426 g/mol. The lowest BCUT2D eigenvalue weighted by Crippen LogP contribution is -2.32. The molecule has 0 saturated carbocycles. The predicted molar refractivity (Wildman–Crippen MR) is 121 cm³/mol. The number of halogens is 1. The minimum Gasteiger partial charge on any atom is -0.480 e. The molecular formula is C25H19ClN4O. The average Bonchev–Trinajstić information content (AvgIpc) is 3.27. The Morgan fingerprint density at radius 3 is 2.58 bits per heavy atom. The van der Waals surface area contributed by atoms with E-state index in [-0.39, 0.29) is 12.1 Å². The number of hydrogen-bond donors (Lipinski definition) is 1. The van der Waals surface area contributed by atoms with Crippen LogP contribution in [0.1, 0.15) is 34.4 Å². The molecule has 6 heteroatoms. The van der Waals surface area contributed by atoms with Crippen molar-refractivity contribution in [1.82, 2.24) is 14.8 Å². The van der Waals surface area contributed by atoms with E-state index in [1.807, 2.05) is 41.1 Å². The van der Waals surface area contributed by atoms with Crippen LogP contribution in [-0.4, -0.2) is 14.8 Å². The molecule has 2 aliphatic rings. The zero-order valence-corrected chi connectivity index (χ0v) is 17.5. The fourth-order valence-electron chi connectivity index (χ4n) is 4.41. The average molecular weight is 427 g/mol. The number of aromatic nitrogens is 3. The summed E-state index contributed by atoms with van der Waals surface area (Å²) in [6, 6.07) is 24.4. The SMILES string of the molecule is Cc1ccc([C@H]2C3=C(Nc4ncnn42)c2cc(Cl)ccc2O[C@H]3c2ccccc2)cc1. The fourth-order valence-corrected chi connectivity index (χ4v) is 4.59. The molecule has 0 aliphatic carbocycles. The van der Waals surface area contributed by atoms with Crippen LogP contribution in [0.25, 0.3) is 5.70 Å². The van der Waals surface area contributed by atoms with Crippen LogP contribution >= 0.6 is 11.6 Å². The molecular weight excluding hydrogens is 408 g/mol. The Hall–Kier alpha value is -3.57. The molecule has 0 saturated heterocycles. The lowest BCUT2D eigenvalue weighted by Gasteiger charge is -2.39. The van der Waals surface area contributed by atoms with Gasteiger partial charge in [0.2, 0.25) is 5.95 Å². The van der Waals surface area contributed by atoms with Crippen molar-refractivity contribution in [3.8, 4) is 5.75 Å². The maximum atomic E-state index is 6.59. The van der Waals surface area contributed by atoms with Crippen molar-refractivity contribution in [2.45, 2.75) is 19.1 Å². The number of anilines is 1. The Morgan fingerprint density at radius 1 is 0.968 bits per heavy atom. The summed E-state index contributed by atoms with van der Waals surface area (Å²) in [6.45, 7) is 2.09. The molecule has 4 aromatic rings. The van der Waals surface area contributed by atoms with Crippen LogP contribution in [0.5, 0.6) is 5.75 Å². The Balaban J connectivity index is 1.64. The largest absolute Gasteiger partial charge is 0.480 e. The van der Waals surface area contributed by atoms with E-state index < -0.39 is 0 Å². The van der Waals surface area contributed by atoms with Gasteiger partial charge < -0.3 is 10.1 Å². The molecule has 0 radical (unpaired) electrons. The Labute approximate surface area is 185 Å². The number of rotatable bonds is 2. The molecule has 0 unspecified atom stereocenters. The summed E-state index contributed by atoms with van der Waals surface area (Å²) in [5.41, 5.74) is 6.41. The number of benzene rings is 3. The number of hydrogen-bond acceptors (Lipinski definition) is 4. The fraction of sp³-hybridized carbons (Fsp3) is 0.120. The standard InChI is InChI=1S/C25H19ClN4O/c1-15-7-9-16(10-8-15)23-21-22(29-25-27-14-28-30(23)25)19-13-18(26)11-12-20(19)31-24(21)17-5-3-2-4-6-17/h2-14,23-24H,1H3,(H,27,28,29)/t23-,24-/m0/s1. The maximum absolute atomic E-state index is 6.59. The van der Waals surface area contributed by atoms with Crippen molar-refractivity contribution in [3.05, 3.63) is 112 Å². The van der Waals surface area contributed by atoms with Crippen LogP contribution in [-0.2, 0) is 0 Å². The smallest absolute Gasteiger partial charge is 0.226 e. The number of nitrogens with one attached hydrogen (secondary N) is 1. The van der Waals surface area contributed by atoms with E-state index in [1.54, 1.807) is 6.33 Å². The summed E-state index contributed by atoms with van der Waals surface area (Å²) in [5, 5.41) is 8.72. The molecule has 152 valence electrons. The topological polar surface area (TPSA) is 52.0 Å². The van der Waals surface area contributed by atoms with E-state index in [4.69, 9.17) is 16.3 Å². The second-order valence-corrected chi connectivity index (χ2v) is 8.28. The highest BCUT2D eigenvalue weighted by atomic mass is 35.5. The van der Waals surface area contributed by atoms with Gasteiger partial charge in [0.25, 0.3) is 0 Å². The lowest BCUT2D eigenvalue weighted by atomic mass is 9.84. The van der Waals surface area contributed by atoms with Crippen molar-refractivity contribution in [2.75, 3.05) is 5.32 Å². The highest BCUT2D eigenvalue weighted by molar-refractivity contribution is 6.30. The zero-order chi connectivity index (χ0) is 20.9. The van der Waals surface area contributed by atoms with Gasteiger partial charge in [-0.3, -0.25) is 0 Å². The van der Waals surface area contributed by atoms with Gasteiger partial charge in [-0.25, -0.2) is 4.68 Å². The number of nitrogens with zero attached hydrogens (tertiary/aromatic N) is 3. The molecule has 0 bridgehead atoms. The summed E-state index contributed by atoms with van der Waals surface area (Å²) in [7, 11) is 0. The summed E-state index contributed by atoms with van der Waals surface area (Å²) >= 11 is 6.37. The van der Waals surface area contributed by atoms with E-state index in [1.165, 1.54) is 5.56 Å².